The molecule has 4 heteroatoms. The van der Waals surface area contributed by atoms with Crippen LogP contribution in [0.5, 0.6) is 5.88 Å². The summed E-state index contributed by atoms with van der Waals surface area (Å²) < 4.78 is 16.0. The molecule has 1 aromatic heterocycles. The SMILES string of the molecule is Cc1cc(CC2CCN(Cc3ccccc3F)CC2)cc2cn(CC3CC3)c(O)c12. The first-order valence-corrected chi connectivity index (χ1v) is 11.3. The first kappa shape index (κ1) is 19.6. The number of rotatable bonds is 6. The summed E-state index contributed by atoms with van der Waals surface area (Å²) >= 11 is 0. The molecule has 2 aliphatic rings. The van der Waals surface area contributed by atoms with Gasteiger partial charge in [-0.1, -0.05) is 24.3 Å². The Bertz CT molecular complexity index is 1040. The second-order valence-corrected chi connectivity index (χ2v) is 9.44. The van der Waals surface area contributed by atoms with Gasteiger partial charge in [0.15, 0.2) is 5.88 Å². The van der Waals surface area contributed by atoms with Crippen LogP contribution in [0.3, 0.4) is 0 Å². The lowest BCUT2D eigenvalue weighted by atomic mass is 9.89. The molecule has 3 aromatic rings. The Kier molecular flexibility index (Phi) is 5.28. The van der Waals surface area contributed by atoms with E-state index in [1.54, 1.807) is 12.1 Å². The maximum Gasteiger partial charge on any atom is 0.199 e. The van der Waals surface area contributed by atoms with Gasteiger partial charge in [0, 0.05) is 35.6 Å². The van der Waals surface area contributed by atoms with Crippen LogP contribution in [0.4, 0.5) is 4.39 Å². The number of aryl methyl sites for hydroxylation is 1. The summed E-state index contributed by atoms with van der Waals surface area (Å²) in [5, 5.41) is 12.8. The normalized spacial score (nSPS) is 18.3. The molecular weight excluding hydrogens is 375 g/mol. The van der Waals surface area contributed by atoms with Gasteiger partial charge in [-0.05, 0) is 87.2 Å². The monoisotopic (exact) mass is 406 g/mol. The molecule has 2 aromatic carbocycles. The Morgan fingerprint density at radius 3 is 2.53 bits per heavy atom. The van der Waals surface area contributed by atoms with Gasteiger partial charge in [-0.2, -0.15) is 0 Å². The van der Waals surface area contributed by atoms with Crippen LogP contribution in [-0.4, -0.2) is 27.7 Å². The Balaban J connectivity index is 1.23. The third-order valence-corrected chi connectivity index (χ3v) is 6.95. The highest BCUT2D eigenvalue weighted by Gasteiger charge is 2.24. The van der Waals surface area contributed by atoms with Crippen LogP contribution in [-0.2, 0) is 19.5 Å². The number of hydrogen-bond acceptors (Lipinski definition) is 2. The minimum atomic E-state index is -0.0970. The number of halogens is 1. The van der Waals surface area contributed by atoms with Crippen LogP contribution in [0.1, 0.15) is 42.4 Å². The minimum absolute atomic E-state index is 0.0970. The average Bonchev–Trinajstić information content (AvgIpc) is 3.48. The fourth-order valence-corrected chi connectivity index (χ4v) is 5.06. The topological polar surface area (TPSA) is 28.4 Å². The molecule has 2 heterocycles. The zero-order valence-corrected chi connectivity index (χ0v) is 17.8. The lowest BCUT2D eigenvalue weighted by Gasteiger charge is -2.32. The van der Waals surface area contributed by atoms with Gasteiger partial charge in [0.25, 0.3) is 0 Å². The van der Waals surface area contributed by atoms with E-state index in [2.05, 4.69) is 30.2 Å². The number of aromatic nitrogens is 1. The van der Waals surface area contributed by atoms with Gasteiger partial charge < -0.3 is 9.67 Å². The van der Waals surface area contributed by atoms with E-state index in [1.165, 1.54) is 29.4 Å². The number of piperidine rings is 1. The van der Waals surface area contributed by atoms with Crippen LogP contribution in [0.2, 0.25) is 0 Å². The summed E-state index contributed by atoms with van der Waals surface area (Å²) in [7, 11) is 0. The second-order valence-electron chi connectivity index (χ2n) is 9.44. The van der Waals surface area contributed by atoms with E-state index < -0.39 is 0 Å². The van der Waals surface area contributed by atoms with Gasteiger partial charge in [0.1, 0.15) is 5.82 Å². The van der Waals surface area contributed by atoms with Crippen molar-refractivity contribution in [3.05, 3.63) is 65.1 Å². The van der Waals surface area contributed by atoms with Gasteiger partial charge >= 0.3 is 0 Å². The first-order chi connectivity index (χ1) is 14.6. The predicted octanol–water partition coefficient (Wildman–Crippen LogP) is 5.66. The Morgan fingerprint density at radius 1 is 1.03 bits per heavy atom. The highest BCUT2D eigenvalue weighted by Crippen LogP contribution is 2.37. The van der Waals surface area contributed by atoms with Crippen molar-refractivity contribution in [2.75, 3.05) is 13.1 Å². The Morgan fingerprint density at radius 2 is 1.80 bits per heavy atom. The van der Waals surface area contributed by atoms with Crippen LogP contribution < -0.4 is 0 Å². The van der Waals surface area contributed by atoms with E-state index in [9.17, 15) is 9.50 Å². The lowest BCUT2D eigenvalue weighted by molar-refractivity contribution is 0.175. The molecule has 0 amide bonds. The molecule has 0 unspecified atom stereocenters. The van der Waals surface area contributed by atoms with E-state index in [0.29, 0.717) is 18.3 Å². The summed E-state index contributed by atoms with van der Waals surface area (Å²) in [5.74, 6) is 1.75. The third-order valence-electron chi connectivity index (χ3n) is 6.95. The van der Waals surface area contributed by atoms with Gasteiger partial charge in [-0.3, -0.25) is 4.90 Å². The molecule has 1 aliphatic heterocycles. The predicted molar refractivity (Wildman–Crippen MR) is 119 cm³/mol. The molecule has 1 aliphatic carbocycles. The van der Waals surface area contributed by atoms with Crippen molar-refractivity contribution in [3.8, 4) is 5.88 Å². The van der Waals surface area contributed by atoms with Crippen LogP contribution >= 0.6 is 0 Å². The molecule has 0 bridgehead atoms. The lowest BCUT2D eigenvalue weighted by Crippen LogP contribution is -2.34. The second kappa shape index (κ2) is 8.07. The fourth-order valence-electron chi connectivity index (χ4n) is 5.06. The Labute approximate surface area is 178 Å². The highest BCUT2D eigenvalue weighted by molar-refractivity contribution is 5.91. The molecule has 1 saturated carbocycles. The molecule has 0 spiro atoms. The fraction of sp³-hybridized carbons (Fsp3) is 0.462. The number of hydrogen-bond donors (Lipinski definition) is 1. The molecule has 5 rings (SSSR count). The first-order valence-electron chi connectivity index (χ1n) is 11.3. The minimum Gasteiger partial charge on any atom is -0.494 e. The van der Waals surface area contributed by atoms with Gasteiger partial charge in [-0.15, -0.1) is 0 Å². The zero-order chi connectivity index (χ0) is 20.7. The zero-order valence-electron chi connectivity index (χ0n) is 17.8. The van der Waals surface area contributed by atoms with Crippen molar-refractivity contribution < 1.29 is 9.50 Å². The largest absolute Gasteiger partial charge is 0.494 e. The van der Waals surface area contributed by atoms with Crippen molar-refractivity contribution in [2.45, 2.75) is 52.1 Å². The molecule has 3 nitrogen and oxygen atoms in total. The molecule has 1 N–H and O–H groups in total. The van der Waals surface area contributed by atoms with Gasteiger partial charge in [-0.25, -0.2) is 4.39 Å². The molecule has 158 valence electrons. The highest BCUT2D eigenvalue weighted by atomic mass is 19.1. The maximum atomic E-state index is 13.9. The van der Waals surface area contributed by atoms with Crippen molar-refractivity contribution >= 4 is 10.8 Å². The van der Waals surface area contributed by atoms with E-state index in [1.807, 2.05) is 16.7 Å². The van der Waals surface area contributed by atoms with Crippen LogP contribution in [0, 0.1) is 24.6 Å². The number of nitrogens with zero attached hydrogens (tertiary/aromatic N) is 2. The van der Waals surface area contributed by atoms with E-state index in [4.69, 9.17) is 0 Å². The van der Waals surface area contributed by atoms with Gasteiger partial charge in [0.2, 0.25) is 0 Å². The maximum absolute atomic E-state index is 13.9. The summed E-state index contributed by atoms with van der Waals surface area (Å²) in [4.78, 5) is 2.37. The molecule has 2 fully saturated rings. The molecule has 30 heavy (non-hydrogen) atoms. The quantitative estimate of drug-likeness (QED) is 0.572. The standard InChI is InChI=1S/C26H31FN2O/c1-18-12-21(14-23-17-29(15-20-6-7-20)26(30)25(18)23)13-19-8-10-28(11-9-19)16-22-4-2-3-5-24(22)27/h2-5,12,14,17,19-20,30H,6-11,13,15-16H2,1H3. The van der Waals surface area contributed by atoms with Crippen molar-refractivity contribution in [1.82, 2.24) is 9.47 Å². The number of fused-ring (bicyclic) bond motifs is 1. The van der Waals surface area contributed by atoms with Gasteiger partial charge in [0.05, 0.1) is 0 Å². The third kappa shape index (κ3) is 4.11. The smallest absolute Gasteiger partial charge is 0.199 e. The number of aromatic hydroxyl groups is 1. The van der Waals surface area contributed by atoms with Crippen molar-refractivity contribution in [3.63, 3.8) is 0 Å². The molecular formula is C26H31FN2O. The summed E-state index contributed by atoms with van der Waals surface area (Å²) in [6.07, 6.45) is 8.09. The van der Waals surface area contributed by atoms with Crippen molar-refractivity contribution in [2.24, 2.45) is 11.8 Å². The Hall–Kier alpha value is -2.33. The summed E-state index contributed by atoms with van der Waals surface area (Å²) in [6.45, 7) is 5.82. The van der Waals surface area contributed by atoms with E-state index in [0.717, 1.165) is 55.8 Å². The molecule has 0 atom stereocenters. The van der Waals surface area contributed by atoms with Crippen LogP contribution in [0.15, 0.2) is 42.6 Å². The van der Waals surface area contributed by atoms with E-state index >= 15 is 0 Å². The molecule has 1 saturated heterocycles. The average molecular weight is 407 g/mol. The number of likely N-dealkylation sites (tertiary alicyclic amines) is 1. The van der Waals surface area contributed by atoms with Crippen molar-refractivity contribution in [1.29, 1.82) is 0 Å². The van der Waals surface area contributed by atoms with Crippen LogP contribution in [0.25, 0.3) is 10.8 Å². The number of benzene rings is 2. The van der Waals surface area contributed by atoms with E-state index in [-0.39, 0.29) is 5.82 Å². The summed E-state index contributed by atoms with van der Waals surface area (Å²) in [6, 6.07) is 11.6. The molecule has 0 radical (unpaired) electrons. The summed E-state index contributed by atoms with van der Waals surface area (Å²) in [5.41, 5.74) is 3.34.